The zero-order valence-corrected chi connectivity index (χ0v) is 13.8. The van der Waals surface area contributed by atoms with E-state index in [4.69, 9.17) is 5.26 Å². The number of nitrogens with one attached hydrogen (secondary N) is 1. The van der Waals surface area contributed by atoms with E-state index in [-0.39, 0.29) is 11.4 Å². The molecule has 124 valence electrons. The minimum absolute atomic E-state index is 0.0967. The lowest BCUT2D eigenvalue weighted by Gasteiger charge is -2.24. The number of carbonyl (C=O) groups excluding carboxylic acids is 1. The third-order valence-corrected chi connectivity index (χ3v) is 4.45. The SMILES string of the molecule is CN(CC1(c2ccccc2)CC1)C(=O)Nc1ccn(CCC#N)n1. The molecule has 1 saturated carbocycles. The molecule has 0 saturated heterocycles. The number of aryl methyl sites for hydroxylation is 1. The molecular formula is C18H21N5O. The molecule has 24 heavy (non-hydrogen) atoms. The Bertz CT molecular complexity index is 742. The van der Waals surface area contributed by atoms with Crippen LogP contribution in [0.4, 0.5) is 10.6 Å². The number of anilines is 1. The predicted octanol–water partition coefficient (Wildman–Crippen LogP) is 2.99. The fourth-order valence-corrected chi connectivity index (χ4v) is 2.93. The molecule has 1 fully saturated rings. The molecule has 0 radical (unpaired) electrons. The molecule has 0 bridgehead atoms. The van der Waals surface area contributed by atoms with Gasteiger partial charge in [-0.25, -0.2) is 4.79 Å². The molecule has 2 aromatic rings. The van der Waals surface area contributed by atoms with E-state index in [9.17, 15) is 4.79 Å². The fraction of sp³-hybridized carbons (Fsp3) is 0.389. The van der Waals surface area contributed by atoms with E-state index in [1.807, 2.05) is 25.2 Å². The second-order valence-corrected chi connectivity index (χ2v) is 6.30. The van der Waals surface area contributed by atoms with Crippen LogP contribution in [0.15, 0.2) is 42.6 Å². The molecule has 1 aliphatic carbocycles. The molecule has 1 aromatic carbocycles. The number of rotatable bonds is 6. The number of amides is 2. The minimum atomic E-state index is -0.164. The molecule has 1 aromatic heterocycles. The smallest absolute Gasteiger partial charge is 0.322 e. The van der Waals surface area contributed by atoms with Crippen molar-refractivity contribution in [3.8, 4) is 6.07 Å². The Morgan fingerprint density at radius 2 is 2.12 bits per heavy atom. The normalized spacial score (nSPS) is 14.7. The van der Waals surface area contributed by atoms with Crippen LogP contribution in [0.1, 0.15) is 24.8 Å². The van der Waals surface area contributed by atoms with Gasteiger partial charge in [-0.2, -0.15) is 10.4 Å². The average Bonchev–Trinajstić information content (AvgIpc) is 3.25. The highest BCUT2D eigenvalue weighted by Crippen LogP contribution is 2.48. The predicted molar refractivity (Wildman–Crippen MR) is 91.5 cm³/mol. The van der Waals surface area contributed by atoms with E-state index >= 15 is 0 Å². The maximum Gasteiger partial charge on any atom is 0.322 e. The van der Waals surface area contributed by atoms with Gasteiger partial charge in [0.2, 0.25) is 0 Å². The van der Waals surface area contributed by atoms with Gasteiger partial charge in [0, 0.05) is 31.3 Å². The standard InChI is InChI=1S/C18H21N5O/c1-22(14-18(9-10-18)15-6-3-2-4-7-15)17(24)20-16-8-13-23(21-16)12-5-11-19/h2-4,6-8,13H,5,9-10,12,14H2,1H3,(H,20,21,24). The van der Waals surface area contributed by atoms with E-state index < -0.39 is 0 Å². The number of carbonyl (C=O) groups is 1. The Morgan fingerprint density at radius 3 is 2.79 bits per heavy atom. The average molecular weight is 323 g/mol. The number of urea groups is 1. The summed E-state index contributed by atoms with van der Waals surface area (Å²) in [5, 5.41) is 15.7. The third kappa shape index (κ3) is 3.57. The first-order chi connectivity index (χ1) is 11.6. The summed E-state index contributed by atoms with van der Waals surface area (Å²) in [6.45, 7) is 1.22. The van der Waals surface area contributed by atoms with Crippen LogP contribution in [0.25, 0.3) is 0 Å². The Morgan fingerprint density at radius 1 is 1.38 bits per heavy atom. The second-order valence-electron chi connectivity index (χ2n) is 6.30. The molecule has 6 nitrogen and oxygen atoms in total. The van der Waals surface area contributed by atoms with Gasteiger partial charge >= 0.3 is 6.03 Å². The number of nitrogens with zero attached hydrogens (tertiary/aromatic N) is 4. The van der Waals surface area contributed by atoms with Crippen LogP contribution in [0.3, 0.4) is 0 Å². The van der Waals surface area contributed by atoms with Crippen molar-refractivity contribution >= 4 is 11.8 Å². The van der Waals surface area contributed by atoms with Gasteiger partial charge in [0.25, 0.3) is 0 Å². The van der Waals surface area contributed by atoms with Crippen LogP contribution in [0.5, 0.6) is 0 Å². The molecule has 1 N–H and O–H groups in total. The first-order valence-corrected chi connectivity index (χ1v) is 8.11. The Hall–Kier alpha value is -2.81. The van der Waals surface area contributed by atoms with Gasteiger partial charge in [-0.1, -0.05) is 30.3 Å². The molecule has 0 spiro atoms. The first kappa shape index (κ1) is 16.1. The summed E-state index contributed by atoms with van der Waals surface area (Å²) in [4.78, 5) is 14.1. The molecule has 0 aliphatic heterocycles. The van der Waals surface area contributed by atoms with Crippen molar-refractivity contribution < 1.29 is 4.79 Å². The van der Waals surface area contributed by atoms with Crippen LogP contribution >= 0.6 is 0 Å². The number of aromatic nitrogens is 2. The summed E-state index contributed by atoms with van der Waals surface area (Å²) in [6.07, 6.45) is 4.38. The number of hydrogen-bond acceptors (Lipinski definition) is 3. The summed E-state index contributed by atoms with van der Waals surface area (Å²) >= 11 is 0. The summed E-state index contributed by atoms with van der Waals surface area (Å²) in [5.74, 6) is 0.509. The lowest BCUT2D eigenvalue weighted by molar-refractivity contribution is 0.218. The van der Waals surface area contributed by atoms with E-state index in [1.165, 1.54) is 5.56 Å². The van der Waals surface area contributed by atoms with E-state index in [1.54, 1.807) is 21.8 Å². The van der Waals surface area contributed by atoms with Gasteiger partial charge < -0.3 is 4.90 Å². The Labute approximate surface area is 141 Å². The highest BCUT2D eigenvalue weighted by Gasteiger charge is 2.45. The molecule has 0 unspecified atom stereocenters. The Kier molecular flexibility index (Phi) is 4.52. The fourth-order valence-electron chi connectivity index (χ4n) is 2.93. The van der Waals surface area contributed by atoms with Crippen molar-refractivity contribution in [1.29, 1.82) is 5.26 Å². The maximum atomic E-state index is 12.4. The topological polar surface area (TPSA) is 74.0 Å². The number of nitriles is 1. The molecule has 3 rings (SSSR count). The number of hydrogen-bond donors (Lipinski definition) is 1. The van der Waals surface area contributed by atoms with Crippen LogP contribution in [-0.2, 0) is 12.0 Å². The highest BCUT2D eigenvalue weighted by molar-refractivity contribution is 5.88. The van der Waals surface area contributed by atoms with Crippen molar-refractivity contribution in [2.75, 3.05) is 18.9 Å². The summed E-state index contributed by atoms with van der Waals surface area (Å²) < 4.78 is 1.66. The van der Waals surface area contributed by atoms with Gasteiger partial charge in [-0.05, 0) is 18.4 Å². The zero-order chi connectivity index (χ0) is 17.0. The largest absolute Gasteiger partial charge is 0.327 e. The van der Waals surface area contributed by atoms with Crippen molar-refractivity contribution in [2.24, 2.45) is 0 Å². The molecule has 2 amide bonds. The molecule has 0 atom stereocenters. The van der Waals surface area contributed by atoms with Crippen molar-refractivity contribution in [3.63, 3.8) is 0 Å². The van der Waals surface area contributed by atoms with Crippen LogP contribution in [-0.4, -0.2) is 34.3 Å². The summed E-state index contributed by atoms with van der Waals surface area (Å²) in [5.41, 5.74) is 1.39. The van der Waals surface area contributed by atoms with Crippen LogP contribution in [0, 0.1) is 11.3 Å². The van der Waals surface area contributed by atoms with Gasteiger partial charge in [-0.3, -0.25) is 10.00 Å². The lowest BCUT2D eigenvalue weighted by Crippen LogP contribution is -2.37. The first-order valence-electron chi connectivity index (χ1n) is 8.11. The second kappa shape index (κ2) is 6.75. The number of likely N-dealkylation sites (N-methyl/N-ethyl adjacent to an activating group) is 1. The zero-order valence-electron chi connectivity index (χ0n) is 13.8. The highest BCUT2D eigenvalue weighted by atomic mass is 16.2. The van der Waals surface area contributed by atoms with Crippen molar-refractivity contribution in [2.45, 2.75) is 31.2 Å². The summed E-state index contributed by atoms with van der Waals surface area (Å²) in [7, 11) is 1.81. The van der Waals surface area contributed by atoms with Crippen molar-refractivity contribution in [3.05, 3.63) is 48.2 Å². The number of benzene rings is 1. The van der Waals surface area contributed by atoms with Gasteiger partial charge in [0.1, 0.15) is 0 Å². The third-order valence-electron chi connectivity index (χ3n) is 4.45. The van der Waals surface area contributed by atoms with Crippen molar-refractivity contribution in [1.82, 2.24) is 14.7 Å². The van der Waals surface area contributed by atoms with E-state index in [0.29, 0.717) is 25.3 Å². The lowest BCUT2D eigenvalue weighted by atomic mass is 9.95. The monoisotopic (exact) mass is 323 g/mol. The van der Waals surface area contributed by atoms with Gasteiger partial charge in [0.05, 0.1) is 19.0 Å². The van der Waals surface area contributed by atoms with Crippen LogP contribution < -0.4 is 5.32 Å². The van der Waals surface area contributed by atoms with Gasteiger partial charge in [0.15, 0.2) is 5.82 Å². The maximum absolute atomic E-state index is 12.4. The van der Waals surface area contributed by atoms with Gasteiger partial charge in [-0.15, -0.1) is 0 Å². The molecule has 1 aliphatic rings. The molecule has 6 heteroatoms. The molecular weight excluding hydrogens is 302 g/mol. The van der Waals surface area contributed by atoms with Crippen LogP contribution in [0.2, 0.25) is 0 Å². The summed E-state index contributed by atoms with van der Waals surface area (Å²) in [6, 6.07) is 14.0. The quantitative estimate of drug-likeness (QED) is 0.888. The van der Waals surface area contributed by atoms with E-state index in [2.05, 4.69) is 28.6 Å². The Balaban J connectivity index is 1.57. The minimum Gasteiger partial charge on any atom is -0.327 e. The van der Waals surface area contributed by atoms with E-state index in [0.717, 1.165) is 12.8 Å². The molecule has 1 heterocycles.